The predicted octanol–water partition coefficient (Wildman–Crippen LogP) is -0.539. The highest BCUT2D eigenvalue weighted by Gasteiger charge is 2.26. The van der Waals surface area contributed by atoms with Gasteiger partial charge in [0.05, 0.1) is 13.2 Å². The zero-order chi connectivity index (χ0) is 10.6. The van der Waals surface area contributed by atoms with E-state index in [0.717, 1.165) is 11.4 Å². The van der Waals surface area contributed by atoms with Crippen molar-refractivity contribution in [3.63, 3.8) is 0 Å². The van der Waals surface area contributed by atoms with Gasteiger partial charge < -0.3 is 10.5 Å². The van der Waals surface area contributed by atoms with Gasteiger partial charge in [-0.2, -0.15) is 0 Å². The Morgan fingerprint density at radius 1 is 1.86 bits per heavy atom. The van der Waals surface area contributed by atoms with Gasteiger partial charge in [0.15, 0.2) is 5.03 Å². The Bertz CT molecular complexity index is 237. The van der Waals surface area contributed by atoms with Crippen LogP contribution in [0.4, 0.5) is 0 Å². The molecule has 7 nitrogen and oxygen atoms in total. The van der Waals surface area contributed by atoms with Gasteiger partial charge in [-0.15, -0.1) is 0 Å². The SMILES string of the molecule is CN=C(N)N(CC1CCOC1)[N+](=O)[O-]. The Kier molecular flexibility index (Phi) is 3.63. The largest absolute Gasteiger partial charge is 0.381 e. The third-order valence-corrected chi connectivity index (χ3v) is 2.15. The number of nitrogens with zero attached hydrogens (tertiary/aromatic N) is 3. The lowest BCUT2D eigenvalue weighted by molar-refractivity contribution is -0.630. The summed E-state index contributed by atoms with van der Waals surface area (Å²) < 4.78 is 5.12. The summed E-state index contributed by atoms with van der Waals surface area (Å²) in [5.74, 6) is 0.0996. The van der Waals surface area contributed by atoms with Crippen molar-refractivity contribution in [2.45, 2.75) is 6.42 Å². The molecule has 0 saturated carbocycles. The standard InChI is InChI=1S/C7H14N4O3/c1-9-7(8)10(11(12)13)4-6-2-3-14-5-6/h6H,2-5H2,1H3,(H2,8,9). The third-order valence-electron chi connectivity index (χ3n) is 2.15. The second-order valence-corrected chi connectivity index (χ2v) is 3.13. The van der Waals surface area contributed by atoms with Gasteiger partial charge in [0, 0.05) is 19.6 Å². The average Bonchev–Trinajstić information content (AvgIpc) is 2.65. The molecule has 0 aliphatic carbocycles. The van der Waals surface area contributed by atoms with Gasteiger partial charge in [0.25, 0.3) is 5.96 Å². The average molecular weight is 202 g/mol. The zero-order valence-electron chi connectivity index (χ0n) is 8.05. The van der Waals surface area contributed by atoms with Crippen molar-refractivity contribution in [3.8, 4) is 0 Å². The van der Waals surface area contributed by atoms with Gasteiger partial charge in [-0.05, 0) is 6.42 Å². The normalized spacial score (nSPS) is 22.4. The minimum atomic E-state index is -0.541. The van der Waals surface area contributed by atoms with Crippen LogP contribution < -0.4 is 5.73 Å². The molecule has 0 radical (unpaired) electrons. The first-order valence-electron chi connectivity index (χ1n) is 4.37. The quantitative estimate of drug-likeness (QED) is 0.287. The van der Waals surface area contributed by atoms with Crippen LogP contribution >= 0.6 is 0 Å². The predicted molar refractivity (Wildman–Crippen MR) is 50.2 cm³/mol. The highest BCUT2D eigenvalue weighted by Crippen LogP contribution is 2.13. The molecule has 0 spiro atoms. The van der Waals surface area contributed by atoms with Crippen LogP contribution in [-0.2, 0) is 4.74 Å². The topological polar surface area (TPSA) is 94.0 Å². The fourth-order valence-electron chi connectivity index (χ4n) is 1.33. The fraction of sp³-hybridized carbons (Fsp3) is 0.857. The summed E-state index contributed by atoms with van der Waals surface area (Å²) in [5, 5.41) is 10.9. The maximum Gasteiger partial charge on any atom is 0.254 e. The van der Waals surface area contributed by atoms with Crippen LogP contribution in [0.5, 0.6) is 0 Å². The summed E-state index contributed by atoms with van der Waals surface area (Å²) in [6.07, 6.45) is 0.835. The number of hydrazine groups is 1. The lowest BCUT2D eigenvalue weighted by Crippen LogP contribution is -2.44. The van der Waals surface area contributed by atoms with E-state index in [-0.39, 0.29) is 18.4 Å². The molecule has 1 aliphatic rings. The van der Waals surface area contributed by atoms with Gasteiger partial charge in [-0.1, -0.05) is 5.01 Å². The molecule has 1 rings (SSSR count). The van der Waals surface area contributed by atoms with Crippen molar-refractivity contribution < 1.29 is 9.77 Å². The van der Waals surface area contributed by atoms with E-state index in [4.69, 9.17) is 10.5 Å². The summed E-state index contributed by atoms with van der Waals surface area (Å²) in [6, 6.07) is 0. The molecule has 0 bridgehead atoms. The molecule has 14 heavy (non-hydrogen) atoms. The van der Waals surface area contributed by atoms with E-state index in [2.05, 4.69) is 4.99 Å². The van der Waals surface area contributed by atoms with E-state index < -0.39 is 5.03 Å². The number of guanidine groups is 1. The first-order chi connectivity index (χ1) is 6.65. The number of hydrogen-bond donors (Lipinski definition) is 1. The van der Waals surface area contributed by atoms with E-state index in [1.807, 2.05) is 0 Å². The highest BCUT2D eigenvalue weighted by molar-refractivity contribution is 5.76. The van der Waals surface area contributed by atoms with Crippen molar-refractivity contribution in [3.05, 3.63) is 10.1 Å². The second-order valence-electron chi connectivity index (χ2n) is 3.13. The molecular formula is C7H14N4O3. The molecule has 1 heterocycles. The number of ether oxygens (including phenoxy) is 1. The Hall–Kier alpha value is -1.37. The monoisotopic (exact) mass is 202 g/mol. The Labute approximate surface area is 81.7 Å². The molecule has 1 fully saturated rings. The highest BCUT2D eigenvalue weighted by atomic mass is 16.7. The molecule has 0 aromatic heterocycles. The lowest BCUT2D eigenvalue weighted by Gasteiger charge is -2.15. The van der Waals surface area contributed by atoms with Crippen LogP contribution in [0, 0.1) is 16.0 Å². The third kappa shape index (κ3) is 2.56. The number of rotatable bonds is 3. The Morgan fingerprint density at radius 3 is 3.00 bits per heavy atom. The van der Waals surface area contributed by atoms with Crippen molar-refractivity contribution >= 4 is 5.96 Å². The van der Waals surface area contributed by atoms with E-state index in [9.17, 15) is 10.1 Å². The van der Waals surface area contributed by atoms with Crippen LogP contribution in [0.25, 0.3) is 0 Å². The van der Waals surface area contributed by atoms with Crippen LogP contribution in [0.15, 0.2) is 4.99 Å². The number of aliphatic imine (C=N–C) groups is 1. The lowest BCUT2D eigenvalue weighted by atomic mass is 10.1. The van der Waals surface area contributed by atoms with Crippen molar-refractivity contribution in [2.24, 2.45) is 16.6 Å². The smallest absolute Gasteiger partial charge is 0.254 e. The molecule has 0 aromatic rings. The maximum atomic E-state index is 10.6. The Morgan fingerprint density at radius 2 is 2.57 bits per heavy atom. The summed E-state index contributed by atoms with van der Waals surface area (Å²) in [7, 11) is 1.43. The molecule has 2 N–H and O–H groups in total. The second kappa shape index (κ2) is 4.75. The molecular weight excluding hydrogens is 188 g/mol. The van der Waals surface area contributed by atoms with E-state index in [1.54, 1.807) is 0 Å². The van der Waals surface area contributed by atoms with Crippen LogP contribution in [0.3, 0.4) is 0 Å². The molecule has 1 aliphatic heterocycles. The molecule has 0 amide bonds. The summed E-state index contributed by atoms with van der Waals surface area (Å²) in [6.45, 7) is 1.48. The number of hydrogen-bond acceptors (Lipinski definition) is 4. The fourth-order valence-corrected chi connectivity index (χ4v) is 1.33. The van der Waals surface area contributed by atoms with E-state index in [1.165, 1.54) is 7.05 Å². The summed E-state index contributed by atoms with van der Waals surface area (Å²) in [5.41, 5.74) is 5.39. The van der Waals surface area contributed by atoms with E-state index in [0.29, 0.717) is 13.2 Å². The van der Waals surface area contributed by atoms with Crippen molar-refractivity contribution in [2.75, 3.05) is 26.8 Å². The summed E-state index contributed by atoms with van der Waals surface area (Å²) in [4.78, 5) is 14.2. The number of nitrogens with two attached hydrogens (primary N) is 1. The molecule has 7 heteroatoms. The molecule has 1 saturated heterocycles. The van der Waals surface area contributed by atoms with Crippen LogP contribution in [0.1, 0.15) is 6.42 Å². The van der Waals surface area contributed by atoms with Crippen molar-refractivity contribution in [1.29, 1.82) is 0 Å². The first kappa shape index (κ1) is 10.7. The maximum absolute atomic E-state index is 10.6. The van der Waals surface area contributed by atoms with Gasteiger partial charge in [-0.25, -0.2) is 10.1 Å². The van der Waals surface area contributed by atoms with Gasteiger partial charge >= 0.3 is 0 Å². The van der Waals surface area contributed by atoms with Gasteiger partial charge in [-0.3, -0.25) is 4.99 Å². The van der Waals surface area contributed by atoms with Gasteiger partial charge in [0.1, 0.15) is 0 Å². The zero-order valence-corrected chi connectivity index (χ0v) is 8.05. The van der Waals surface area contributed by atoms with Crippen molar-refractivity contribution in [1.82, 2.24) is 5.01 Å². The molecule has 1 atom stereocenters. The minimum absolute atomic E-state index is 0.0677. The van der Waals surface area contributed by atoms with Crippen LogP contribution in [-0.4, -0.2) is 42.8 Å². The minimum Gasteiger partial charge on any atom is -0.381 e. The van der Waals surface area contributed by atoms with E-state index >= 15 is 0 Å². The Balaban J connectivity index is 2.54. The molecule has 1 unspecified atom stereocenters. The molecule has 80 valence electrons. The number of nitro groups is 1. The molecule has 0 aromatic carbocycles. The summed E-state index contributed by atoms with van der Waals surface area (Å²) >= 11 is 0. The van der Waals surface area contributed by atoms with Crippen LogP contribution in [0.2, 0.25) is 0 Å². The first-order valence-corrected chi connectivity index (χ1v) is 4.37. The van der Waals surface area contributed by atoms with Gasteiger partial charge in [0.2, 0.25) is 0 Å².